The predicted molar refractivity (Wildman–Crippen MR) is 66.5 cm³/mol. The van der Waals surface area contributed by atoms with Gasteiger partial charge in [0, 0.05) is 5.69 Å². The van der Waals surface area contributed by atoms with Crippen molar-refractivity contribution in [2.75, 3.05) is 5.73 Å². The Labute approximate surface area is 116 Å². The summed E-state index contributed by atoms with van der Waals surface area (Å²) >= 11 is 0. The molecule has 21 heavy (non-hydrogen) atoms. The molecule has 0 fully saturated rings. The molecule has 2 aromatic rings. The molecular formula is C14H10F5NO. The normalized spacial score (nSPS) is 11.5. The van der Waals surface area contributed by atoms with Gasteiger partial charge in [-0.3, -0.25) is 0 Å². The number of rotatable bonds is 3. The Kier molecular flexibility index (Phi) is 4.02. The molecule has 0 spiro atoms. The quantitative estimate of drug-likeness (QED) is 0.683. The zero-order valence-electron chi connectivity index (χ0n) is 10.5. The number of hydrogen-bond acceptors (Lipinski definition) is 2. The second kappa shape index (κ2) is 5.59. The summed E-state index contributed by atoms with van der Waals surface area (Å²) in [6, 6.07) is 6.05. The van der Waals surface area contributed by atoms with Crippen molar-refractivity contribution < 1.29 is 26.7 Å². The van der Waals surface area contributed by atoms with E-state index < -0.39 is 29.1 Å². The fourth-order valence-corrected chi connectivity index (χ4v) is 1.69. The molecule has 2 N–H and O–H groups in total. The first kappa shape index (κ1) is 15.1. The molecule has 0 bridgehead atoms. The van der Waals surface area contributed by atoms with Crippen molar-refractivity contribution in [2.45, 2.75) is 12.8 Å². The largest absolute Gasteiger partial charge is 0.488 e. The fraction of sp³-hybridized carbons (Fsp3) is 0.143. The second-order valence-electron chi connectivity index (χ2n) is 4.29. The van der Waals surface area contributed by atoms with Crippen molar-refractivity contribution in [1.29, 1.82) is 0 Å². The summed E-state index contributed by atoms with van der Waals surface area (Å²) in [7, 11) is 0. The van der Waals surface area contributed by atoms with E-state index in [0.717, 1.165) is 24.3 Å². The molecule has 0 aliphatic carbocycles. The van der Waals surface area contributed by atoms with Crippen molar-refractivity contribution in [3.8, 4) is 5.75 Å². The average Bonchev–Trinajstić information content (AvgIpc) is 2.40. The molecule has 0 aliphatic heterocycles. The lowest BCUT2D eigenvalue weighted by molar-refractivity contribution is -0.139. The number of halogens is 5. The molecule has 0 radical (unpaired) electrons. The Bertz CT molecular complexity index is 654. The fourth-order valence-electron chi connectivity index (χ4n) is 1.69. The molecule has 2 rings (SSSR count). The maximum absolute atomic E-state index is 13.0. The Balaban J connectivity index is 2.22. The molecular weight excluding hydrogens is 293 g/mol. The Morgan fingerprint density at radius 2 is 1.67 bits per heavy atom. The van der Waals surface area contributed by atoms with E-state index in [0.29, 0.717) is 0 Å². The summed E-state index contributed by atoms with van der Waals surface area (Å²) in [6.07, 6.45) is -4.63. The van der Waals surface area contributed by atoms with Gasteiger partial charge in [-0.25, -0.2) is 8.78 Å². The SMILES string of the molecule is Nc1ccc(OCc2ccc(F)c(F)c2)c(C(F)(F)F)c1. The lowest BCUT2D eigenvalue weighted by Crippen LogP contribution is -2.09. The summed E-state index contributed by atoms with van der Waals surface area (Å²) in [4.78, 5) is 0. The average molecular weight is 303 g/mol. The predicted octanol–water partition coefficient (Wildman–Crippen LogP) is 4.14. The van der Waals surface area contributed by atoms with Crippen LogP contribution in [0.4, 0.5) is 27.6 Å². The van der Waals surface area contributed by atoms with Crippen LogP contribution >= 0.6 is 0 Å². The highest BCUT2D eigenvalue weighted by atomic mass is 19.4. The first-order valence-electron chi connectivity index (χ1n) is 5.81. The topological polar surface area (TPSA) is 35.2 Å². The van der Waals surface area contributed by atoms with Gasteiger partial charge in [0.25, 0.3) is 0 Å². The molecule has 0 amide bonds. The van der Waals surface area contributed by atoms with Crippen LogP contribution in [0.2, 0.25) is 0 Å². The van der Waals surface area contributed by atoms with Crippen molar-refractivity contribution in [3.63, 3.8) is 0 Å². The van der Waals surface area contributed by atoms with E-state index in [1.807, 2.05) is 0 Å². The van der Waals surface area contributed by atoms with Gasteiger partial charge in [-0.2, -0.15) is 13.2 Å². The van der Waals surface area contributed by atoms with E-state index >= 15 is 0 Å². The van der Waals surface area contributed by atoms with Crippen LogP contribution in [0.15, 0.2) is 36.4 Å². The van der Waals surface area contributed by atoms with Crippen LogP contribution in [0, 0.1) is 11.6 Å². The van der Waals surface area contributed by atoms with Crippen molar-refractivity contribution in [2.24, 2.45) is 0 Å². The standard InChI is InChI=1S/C14H10F5NO/c15-11-3-1-8(5-12(11)16)7-21-13-4-2-9(20)6-10(13)14(17,18)19/h1-6H,7,20H2. The number of benzene rings is 2. The smallest absolute Gasteiger partial charge is 0.420 e. The van der Waals surface area contributed by atoms with Gasteiger partial charge in [-0.1, -0.05) is 6.07 Å². The van der Waals surface area contributed by atoms with E-state index in [-0.39, 0.29) is 17.9 Å². The summed E-state index contributed by atoms with van der Waals surface area (Å²) in [5, 5.41) is 0. The summed E-state index contributed by atoms with van der Waals surface area (Å²) < 4.78 is 69.3. The van der Waals surface area contributed by atoms with Gasteiger partial charge in [0.2, 0.25) is 0 Å². The third kappa shape index (κ3) is 3.62. The van der Waals surface area contributed by atoms with Crippen LogP contribution in [0.5, 0.6) is 5.75 Å². The van der Waals surface area contributed by atoms with Crippen molar-refractivity contribution in [1.82, 2.24) is 0 Å². The minimum Gasteiger partial charge on any atom is -0.488 e. The molecule has 112 valence electrons. The highest BCUT2D eigenvalue weighted by molar-refractivity contribution is 5.49. The van der Waals surface area contributed by atoms with Gasteiger partial charge < -0.3 is 10.5 Å². The van der Waals surface area contributed by atoms with E-state index in [9.17, 15) is 22.0 Å². The first-order chi connectivity index (χ1) is 9.77. The van der Waals surface area contributed by atoms with Gasteiger partial charge in [-0.15, -0.1) is 0 Å². The monoisotopic (exact) mass is 303 g/mol. The molecule has 0 heterocycles. The molecule has 0 aromatic heterocycles. The lowest BCUT2D eigenvalue weighted by Gasteiger charge is -2.14. The third-order valence-corrected chi connectivity index (χ3v) is 2.69. The number of hydrogen-bond donors (Lipinski definition) is 1. The lowest BCUT2D eigenvalue weighted by atomic mass is 10.1. The van der Waals surface area contributed by atoms with Gasteiger partial charge in [-0.05, 0) is 35.9 Å². The number of nitrogen functional groups attached to an aromatic ring is 1. The summed E-state index contributed by atoms with van der Waals surface area (Å²) in [5.41, 5.74) is 4.45. The molecule has 7 heteroatoms. The van der Waals surface area contributed by atoms with Gasteiger partial charge in [0.15, 0.2) is 11.6 Å². The zero-order chi connectivity index (χ0) is 15.6. The van der Waals surface area contributed by atoms with Crippen LogP contribution in [-0.4, -0.2) is 0 Å². The maximum Gasteiger partial charge on any atom is 0.420 e. The van der Waals surface area contributed by atoms with Gasteiger partial charge >= 0.3 is 6.18 Å². The number of nitrogens with two attached hydrogens (primary N) is 1. The number of alkyl halides is 3. The van der Waals surface area contributed by atoms with E-state index in [2.05, 4.69) is 0 Å². The Morgan fingerprint density at radius 1 is 0.952 bits per heavy atom. The van der Waals surface area contributed by atoms with Gasteiger partial charge in [0.1, 0.15) is 12.4 Å². The molecule has 0 saturated heterocycles. The van der Waals surface area contributed by atoms with Gasteiger partial charge in [0.05, 0.1) is 5.56 Å². The molecule has 2 nitrogen and oxygen atoms in total. The van der Waals surface area contributed by atoms with Crippen LogP contribution in [0.3, 0.4) is 0 Å². The van der Waals surface area contributed by atoms with Crippen LogP contribution in [-0.2, 0) is 12.8 Å². The maximum atomic E-state index is 13.0. The van der Waals surface area contributed by atoms with E-state index in [1.165, 1.54) is 12.1 Å². The molecule has 0 atom stereocenters. The highest BCUT2D eigenvalue weighted by Gasteiger charge is 2.34. The second-order valence-corrected chi connectivity index (χ2v) is 4.29. The summed E-state index contributed by atoms with van der Waals surface area (Å²) in [5.74, 6) is -2.56. The number of ether oxygens (including phenoxy) is 1. The minimum atomic E-state index is -4.63. The Morgan fingerprint density at radius 3 is 2.29 bits per heavy atom. The van der Waals surface area contributed by atoms with Crippen LogP contribution < -0.4 is 10.5 Å². The first-order valence-corrected chi connectivity index (χ1v) is 5.81. The van der Waals surface area contributed by atoms with Crippen LogP contribution in [0.1, 0.15) is 11.1 Å². The van der Waals surface area contributed by atoms with Crippen LogP contribution in [0.25, 0.3) is 0 Å². The van der Waals surface area contributed by atoms with Crippen molar-refractivity contribution >= 4 is 5.69 Å². The molecule has 0 saturated carbocycles. The van der Waals surface area contributed by atoms with Crippen molar-refractivity contribution in [3.05, 3.63) is 59.2 Å². The number of anilines is 1. The van der Waals surface area contributed by atoms with E-state index in [1.54, 1.807) is 0 Å². The Hall–Kier alpha value is -2.31. The minimum absolute atomic E-state index is 0.0532. The summed E-state index contributed by atoms with van der Waals surface area (Å²) in [6.45, 7) is -0.329. The molecule has 0 aliphatic rings. The third-order valence-electron chi connectivity index (χ3n) is 2.69. The highest BCUT2D eigenvalue weighted by Crippen LogP contribution is 2.37. The zero-order valence-corrected chi connectivity index (χ0v) is 10.5. The molecule has 0 unspecified atom stereocenters. The van der Waals surface area contributed by atoms with E-state index in [4.69, 9.17) is 10.5 Å². The molecule has 2 aromatic carbocycles.